The molecule has 2 heterocycles. The van der Waals surface area contributed by atoms with Crippen LogP contribution in [-0.2, 0) is 0 Å². The molecule has 2 aliphatic heterocycles. The van der Waals surface area contributed by atoms with Gasteiger partial charge in [-0.05, 0) is 77.2 Å². The lowest BCUT2D eigenvalue weighted by Crippen LogP contribution is -2.48. The first-order chi connectivity index (χ1) is 17.7. The molecule has 0 nitrogen and oxygen atoms in total. The zero-order chi connectivity index (χ0) is 26.1. The Bertz CT molecular complexity index is 783. The molecule has 2 saturated heterocycles. The van der Waals surface area contributed by atoms with Crippen molar-refractivity contribution in [3.8, 4) is 0 Å². The van der Waals surface area contributed by atoms with Gasteiger partial charge in [0.2, 0.25) is 0 Å². The Balaban J connectivity index is 1.27. The molecule has 0 spiro atoms. The van der Waals surface area contributed by atoms with Crippen molar-refractivity contribution < 1.29 is 0 Å². The minimum atomic E-state index is -1.46. The standard InChI is InChI=1S/C34H60S2Si/c1-20(2)26-19-28-30(25-16-12-9-13-17-25)23(5)36-32(28)34(26)37(6,7)33-21(3)18-27-29(22(4)35-31(27)33)24-14-10-8-11-15-24/h20-34H,8-19H2,1-7H3. The van der Waals surface area contributed by atoms with Gasteiger partial charge in [0.25, 0.3) is 0 Å². The van der Waals surface area contributed by atoms with Crippen molar-refractivity contribution in [3.05, 3.63) is 0 Å². The van der Waals surface area contributed by atoms with Gasteiger partial charge in [-0.1, -0.05) is 112 Å². The van der Waals surface area contributed by atoms with E-state index in [1.165, 1.54) is 38.5 Å². The van der Waals surface area contributed by atoms with Crippen molar-refractivity contribution in [2.45, 2.75) is 157 Å². The topological polar surface area (TPSA) is 0 Å². The maximum Gasteiger partial charge on any atom is 0.0564 e. The molecule has 37 heavy (non-hydrogen) atoms. The Kier molecular flexibility index (Phi) is 8.31. The summed E-state index contributed by atoms with van der Waals surface area (Å²) in [5.41, 5.74) is 2.13. The lowest BCUT2D eigenvalue weighted by Gasteiger charge is -2.46. The molecule has 4 aliphatic carbocycles. The Hall–Kier alpha value is 0.917. The minimum Gasteiger partial charge on any atom is -0.155 e. The Labute approximate surface area is 240 Å². The van der Waals surface area contributed by atoms with Gasteiger partial charge in [0.05, 0.1) is 8.07 Å². The molecule has 6 rings (SSSR count). The summed E-state index contributed by atoms with van der Waals surface area (Å²) in [7, 11) is -1.46. The van der Waals surface area contributed by atoms with Crippen molar-refractivity contribution in [1.82, 2.24) is 0 Å². The molecule has 0 bridgehead atoms. The van der Waals surface area contributed by atoms with Crippen LogP contribution < -0.4 is 0 Å². The summed E-state index contributed by atoms with van der Waals surface area (Å²) >= 11 is 5.05. The van der Waals surface area contributed by atoms with Gasteiger partial charge in [0.1, 0.15) is 0 Å². The highest BCUT2D eigenvalue weighted by molar-refractivity contribution is 8.01. The summed E-state index contributed by atoms with van der Waals surface area (Å²) in [6.45, 7) is 19.2. The van der Waals surface area contributed by atoms with E-state index in [0.29, 0.717) is 0 Å². The van der Waals surface area contributed by atoms with Crippen LogP contribution in [0.25, 0.3) is 0 Å². The quantitative estimate of drug-likeness (QED) is 0.307. The molecular formula is C34H60S2Si. The molecule has 212 valence electrons. The fourth-order valence-corrected chi connectivity index (χ4v) is 24.9. The SMILES string of the molecule is CC(C)C1CC2C(SC(C)C2C2CCCCC2)C1[Si](C)(C)C1C(C)CC2C1SC(C)C2C1CCCCC1. The van der Waals surface area contributed by atoms with Crippen LogP contribution in [-0.4, -0.2) is 29.1 Å². The van der Waals surface area contributed by atoms with E-state index in [2.05, 4.69) is 71.2 Å². The van der Waals surface area contributed by atoms with Gasteiger partial charge in [0.15, 0.2) is 0 Å². The fourth-order valence-electron chi connectivity index (χ4n) is 12.4. The van der Waals surface area contributed by atoms with Crippen LogP contribution in [0, 0.1) is 53.3 Å². The lowest BCUT2D eigenvalue weighted by atomic mass is 9.72. The highest BCUT2D eigenvalue weighted by Crippen LogP contribution is 2.70. The van der Waals surface area contributed by atoms with Gasteiger partial charge in [-0.3, -0.25) is 0 Å². The highest BCUT2D eigenvalue weighted by Gasteiger charge is 2.64. The summed E-state index contributed by atoms with van der Waals surface area (Å²) in [6.07, 6.45) is 18.5. The van der Waals surface area contributed by atoms with E-state index >= 15 is 0 Å². The minimum absolute atomic E-state index is 0.878. The maximum atomic E-state index is 2.94. The van der Waals surface area contributed by atoms with Gasteiger partial charge in [-0.25, -0.2) is 0 Å². The molecule has 0 aromatic carbocycles. The van der Waals surface area contributed by atoms with Crippen molar-refractivity contribution in [1.29, 1.82) is 0 Å². The van der Waals surface area contributed by atoms with Crippen molar-refractivity contribution in [2.75, 3.05) is 0 Å². The zero-order valence-corrected chi connectivity index (χ0v) is 28.1. The van der Waals surface area contributed by atoms with Gasteiger partial charge in [0, 0.05) is 21.0 Å². The second-order valence-corrected chi connectivity index (χ2v) is 24.2. The fraction of sp³-hybridized carbons (Fsp3) is 1.00. The smallest absolute Gasteiger partial charge is 0.0564 e. The third-order valence-corrected chi connectivity index (χ3v) is 22.6. The second kappa shape index (κ2) is 11.0. The van der Waals surface area contributed by atoms with E-state index in [0.717, 1.165) is 85.3 Å². The van der Waals surface area contributed by atoms with E-state index < -0.39 is 8.07 Å². The first-order valence-electron chi connectivity index (χ1n) is 17.0. The zero-order valence-electron chi connectivity index (χ0n) is 25.5. The molecule has 6 aliphatic rings. The van der Waals surface area contributed by atoms with Crippen LogP contribution in [0.1, 0.15) is 112 Å². The summed E-state index contributed by atoms with van der Waals surface area (Å²) < 4.78 is 0. The normalized spacial score (nSPS) is 49.6. The Morgan fingerprint density at radius 3 is 1.57 bits per heavy atom. The third-order valence-electron chi connectivity index (χ3n) is 13.6. The second-order valence-electron chi connectivity index (χ2n) is 16.1. The first-order valence-corrected chi connectivity index (χ1v) is 22.0. The molecule has 6 fully saturated rings. The number of fused-ring (bicyclic) bond motifs is 2. The van der Waals surface area contributed by atoms with Crippen LogP contribution in [0.2, 0.25) is 24.2 Å². The van der Waals surface area contributed by atoms with E-state index in [-0.39, 0.29) is 0 Å². The summed E-state index contributed by atoms with van der Waals surface area (Å²) in [6, 6.07) is 0. The average Bonchev–Trinajstić information content (AvgIpc) is 3.56. The van der Waals surface area contributed by atoms with E-state index in [9.17, 15) is 0 Å². The third kappa shape index (κ3) is 4.79. The van der Waals surface area contributed by atoms with E-state index in [1.807, 2.05) is 0 Å². The van der Waals surface area contributed by atoms with Crippen LogP contribution in [0.5, 0.6) is 0 Å². The van der Waals surface area contributed by atoms with Crippen LogP contribution in [0.4, 0.5) is 0 Å². The molecule has 0 radical (unpaired) electrons. The average molecular weight is 561 g/mol. The van der Waals surface area contributed by atoms with E-state index in [4.69, 9.17) is 0 Å². The predicted octanol–water partition coefficient (Wildman–Crippen LogP) is 10.8. The van der Waals surface area contributed by atoms with Crippen molar-refractivity contribution >= 4 is 31.6 Å². The summed E-state index contributed by atoms with van der Waals surface area (Å²) in [4.78, 5) is 0. The molecule has 0 N–H and O–H groups in total. The summed E-state index contributed by atoms with van der Waals surface area (Å²) in [5.74, 6) is 9.16. The van der Waals surface area contributed by atoms with Gasteiger partial charge < -0.3 is 0 Å². The van der Waals surface area contributed by atoms with Gasteiger partial charge in [-0.2, -0.15) is 23.5 Å². The summed E-state index contributed by atoms with van der Waals surface area (Å²) in [5, 5.41) is 3.85. The van der Waals surface area contributed by atoms with Crippen LogP contribution in [0.3, 0.4) is 0 Å². The van der Waals surface area contributed by atoms with E-state index in [1.54, 1.807) is 38.5 Å². The number of hydrogen-bond donors (Lipinski definition) is 0. The first kappa shape index (κ1) is 28.1. The maximum absolute atomic E-state index is 2.94. The van der Waals surface area contributed by atoms with Crippen molar-refractivity contribution in [2.24, 2.45) is 53.3 Å². The van der Waals surface area contributed by atoms with Crippen LogP contribution in [0.15, 0.2) is 0 Å². The lowest BCUT2D eigenvalue weighted by molar-refractivity contribution is 0.185. The van der Waals surface area contributed by atoms with Gasteiger partial charge in [-0.15, -0.1) is 0 Å². The predicted molar refractivity (Wildman–Crippen MR) is 170 cm³/mol. The van der Waals surface area contributed by atoms with Crippen molar-refractivity contribution in [3.63, 3.8) is 0 Å². The molecule has 0 amide bonds. The van der Waals surface area contributed by atoms with Gasteiger partial charge >= 0.3 is 0 Å². The molecule has 12 atom stereocenters. The molecule has 12 unspecified atom stereocenters. The molecule has 3 heteroatoms. The Morgan fingerprint density at radius 2 is 1.08 bits per heavy atom. The molecular weight excluding hydrogens is 501 g/mol. The molecule has 0 aromatic heterocycles. The largest absolute Gasteiger partial charge is 0.155 e. The number of rotatable bonds is 5. The highest BCUT2D eigenvalue weighted by atomic mass is 32.2. The Morgan fingerprint density at radius 1 is 0.622 bits per heavy atom. The monoisotopic (exact) mass is 560 g/mol. The number of thioether (sulfide) groups is 2. The molecule has 4 saturated carbocycles. The number of hydrogen-bond acceptors (Lipinski definition) is 2. The van der Waals surface area contributed by atoms with Crippen LogP contribution >= 0.6 is 23.5 Å². The molecule has 0 aromatic rings.